The molecule has 0 saturated carbocycles. The summed E-state index contributed by atoms with van der Waals surface area (Å²) in [5, 5.41) is 20.2. The molecule has 38 heavy (non-hydrogen) atoms. The van der Waals surface area contributed by atoms with Crippen LogP contribution in [-0.4, -0.2) is 46.4 Å². The number of quaternary nitrogens is 2. The monoisotopic (exact) mass is 543 g/mol. The van der Waals surface area contributed by atoms with Gasteiger partial charge in [0.1, 0.15) is 0 Å². The summed E-state index contributed by atoms with van der Waals surface area (Å²) in [6, 6.07) is 0. The first-order valence-electron chi connectivity index (χ1n) is 17.5. The molecule has 0 fully saturated rings. The SMILES string of the molecule is CCCCCCCCCB([O-])[O-].CCCC[NH+](CCCC)CCCC.CCCC[NH+](CCCC)CCCC. The lowest BCUT2D eigenvalue weighted by atomic mass is 9.83. The Morgan fingerprint density at radius 1 is 0.342 bits per heavy atom. The minimum absolute atomic E-state index is 0.313. The minimum Gasteiger partial charge on any atom is -0.893 e. The van der Waals surface area contributed by atoms with Gasteiger partial charge >= 0.3 is 0 Å². The van der Waals surface area contributed by atoms with Crippen LogP contribution >= 0.6 is 0 Å². The summed E-state index contributed by atoms with van der Waals surface area (Å²) in [4.78, 5) is 3.68. The Labute approximate surface area is 242 Å². The van der Waals surface area contributed by atoms with Crippen LogP contribution in [0, 0.1) is 0 Å². The molecule has 0 aliphatic heterocycles. The molecule has 0 aromatic heterocycles. The van der Waals surface area contributed by atoms with Crippen molar-refractivity contribution in [1.82, 2.24) is 0 Å². The lowest BCUT2D eigenvalue weighted by Gasteiger charge is -2.25. The van der Waals surface area contributed by atoms with E-state index in [0.717, 1.165) is 12.8 Å². The van der Waals surface area contributed by atoms with Gasteiger partial charge in [0.05, 0.1) is 39.3 Å². The van der Waals surface area contributed by atoms with Crippen molar-refractivity contribution in [2.24, 2.45) is 0 Å². The largest absolute Gasteiger partial charge is 0.893 e. The highest BCUT2D eigenvalue weighted by Crippen LogP contribution is 2.08. The van der Waals surface area contributed by atoms with E-state index in [-0.39, 0.29) is 0 Å². The third-order valence-corrected chi connectivity index (χ3v) is 7.35. The van der Waals surface area contributed by atoms with E-state index in [4.69, 9.17) is 0 Å². The third kappa shape index (κ3) is 40.4. The molecule has 0 atom stereocenters. The zero-order chi connectivity index (χ0) is 29.1. The first-order chi connectivity index (χ1) is 18.5. The van der Waals surface area contributed by atoms with E-state index in [9.17, 15) is 10.0 Å². The van der Waals surface area contributed by atoms with Crippen molar-refractivity contribution in [3.8, 4) is 0 Å². The maximum absolute atomic E-state index is 10.1. The zero-order valence-corrected chi connectivity index (χ0v) is 27.8. The van der Waals surface area contributed by atoms with Crippen LogP contribution in [0.25, 0.3) is 0 Å². The van der Waals surface area contributed by atoms with Crippen molar-refractivity contribution in [2.45, 2.75) is 177 Å². The summed E-state index contributed by atoms with van der Waals surface area (Å²) in [5.74, 6) is 0. The molecule has 0 heterocycles. The molecule has 0 bridgehead atoms. The van der Waals surface area contributed by atoms with E-state index in [0.29, 0.717) is 6.32 Å². The van der Waals surface area contributed by atoms with E-state index in [1.54, 1.807) is 0 Å². The highest BCUT2D eigenvalue weighted by atomic mass is 16.4. The van der Waals surface area contributed by atoms with Crippen LogP contribution in [0.5, 0.6) is 0 Å². The smallest absolute Gasteiger partial charge is 0.0770 e. The van der Waals surface area contributed by atoms with Crippen molar-refractivity contribution in [2.75, 3.05) is 39.3 Å². The molecule has 0 amide bonds. The molecule has 0 aromatic carbocycles. The molecule has 0 aromatic rings. The maximum Gasteiger partial charge on any atom is 0.0770 e. The predicted molar refractivity (Wildman–Crippen MR) is 169 cm³/mol. The summed E-state index contributed by atoms with van der Waals surface area (Å²) in [6.45, 7) is 24.3. The van der Waals surface area contributed by atoms with Crippen LogP contribution in [0.15, 0.2) is 0 Å². The number of rotatable bonds is 26. The molecule has 0 radical (unpaired) electrons. The molecule has 0 aliphatic rings. The fraction of sp³-hybridized carbons (Fsp3) is 1.00. The predicted octanol–water partition coefficient (Wildman–Crippen LogP) is 5.49. The van der Waals surface area contributed by atoms with Gasteiger partial charge in [0.25, 0.3) is 0 Å². The second kappa shape index (κ2) is 39.0. The van der Waals surface area contributed by atoms with Gasteiger partial charge < -0.3 is 19.8 Å². The first-order valence-corrected chi connectivity index (χ1v) is 17.5. The Kier molecular flexibility index (Phi) is 43.5. The van der Waals surface area contributed by atoms with Crippen molar-refractivity contribution >= 4 is 7.12 Å². The van der Waals surface area contributed by atoms with Gasteiger partial charge in [-0.05, 0) is 38.5 Å². The average Bonchev–Trinajstić information content (AvgIpc) is 2.92. The van der Waals surface area contributed by atoms with Gasteiger partial charge in [-0.25, -0.2) is 0 Å². The third-order valence-electron chi connectivity index (χ3n) is 7.35. The number of hydrogen-bond acceptors (Lipinski definition) is 2. The highest BCUT2D eigenvalue weighted by Gasteiger charge is 2.06. The Morgan fingerprint density at radius 2 is 0.579 bits per heavy atom. The van der Waals surface area contributed by atoms with E-state index in [2.05, 4.69) is 48.5 Å². The molecule has 0 aliphatic carbocycles. The van der Waals surface area contributed by atoms with E-state index in [1.165, 1.54) is 148 Å². The Bertz CT molecular complexity index is 324. The zero-order valence-electron chi connectivity index (χ0n) is 27.8. The molecular formula is C33H75BN2O2. The minimum atomic E-state index is -1.60. The Hall–Kier alpha value is -0.0951. The van der Waals surface area contributed by atoms with Crippen LogP contribution in [0.4, 0.5) is 0 Å². The lowest BCUT2D eigenvalue weighted by molar-refractivity contribution is -0.900. The normalized spacial score (nSPS) is 10.8. The van der Waals surface area contributed by atoms with Crippen molar-refractivity contribution in [1.29, 1.82) is 0 Å². The van der Waals surface area contributed by atoms with Crippen LogP contribution in [0.2, 0.25) is 6.32 Å². The number of nitrogens with one attached hydrogen (secondary N) is 2. The van der Waals surface area contributed by atoms with Gasteiger partial charge in [-0.3, -0.25) is 0 Å². The Morgan fingerprint density at radius 3 is 0.816 bits per heavy atom. The molecule has 0 rings (SSSR count). The summed E-state index contributed by atoms with van der Waals surface area (Å²) < 4.78 is 0. The van der Waals surface area contributed by atoms with Gasteiger partial charge in [0, 0.05) is 0 Å². The van der Waals surface area contributed by atoms with Crippen LogP contribution in [0.1, 0.15) is 170 Å². The Balaban J connectivity index is -0.000000484. The summed E-state index contributed by atoms with van der Waals surface area (Å²) in [7, 11) is -1.60. The van der Waals surface area contributed by atoms with Gasteiger partial charge in [0.15, 0.2) is 0 Å². The fourth-order valence-corrected chi connectivity index (χ4v) is 4.58. The summed E-state index contributed by atoms with van der Waals surface area (Å²) in [6.07, 6.45) is 25.0. The molecule has 0 unspecified atom stereocenters. The van der Waals surface area contributed by atoms with Crippen molar-refractivity contribution in [3.05, 3.63) is 0 Å². The maximum atomic E-state index is 10.1. The molecule has 5 heteroatoms. The molecule has 0 spiro atoms. The fourth-order valence-electron chi connectivity index (χ4n) is 4.58. The topological polar surface area (TPSA) is 55.0 Å². The summed E-state index contributed by atoms with van der Waals surface area (Å²) >= 11 is 0. The van der Waals surface area contributed by atoms with Gasteiger partial charge in [-0.15, -0.1) is 13.4 Å². The van der Waals surface area contributed by atoms with E-state index in [1.807, 2.05) is 9.80 Å². The lowest BCUT2D eigenvalue weighted by Crippen LogP contribution is -3.12. The highest BCUT2D eigenvalue weighted by molar-refractivity contribution is 6.36. The molecular weight excluding hydrogens is 467 g/mol. The molecule has 232 valence electrons. The van der Waals surface area contributed by atoms with Gasteiger partial charge in [-0.2, -0.15) is 0 Å². The van der Waals surface area contributed by atoms with Crippen molar-refractivity contribution in [3.63, 3.8) is 0 Å². The van der Waals surface area contributed by atoms with Crippen molar-refractivity contribution < 1.29 is 19.8 Å². The molecule has 4 nitrogen and oxygen atoms in total. The van der Waals surface area contributed by atoms with E-state index >= 15 is 0 Å². The van der Waals surface area contributed by atoms with E-state index < -0.39 is 7.12 Å². The average molecular weight is 543 g/mol. The standard InChI is InChI=1S/2C12H27N.C9H19BO2/c2*1-4-7-10-13(11-8-5-2)12-9-6-3;1-2-3-4-5-6-7-8-9-10(11)12/h2*4-12H2,1-3H3;2-9H2,1H3/q;;-2/p+2. The van der Waals surface area contributed by atoms with Gasteiger partial charge in [-0.1, -0.05) is 132 Å². The summed E-state index contributed by atoms with van der Waals surface area (Å²) in [5.41, 5.74) is 0. The number of unbranched alkanes of at least 4 members (excludes halogenated alkanes) is 12. The van der Waals surface area contributed by atoms with Crippen LogP contribution in [0.3, 0.4) is 0 Å². The first kappa shape index (κ1) is 42.4. The van der Waals surface area contributed by atoms with Gasteiger partial charge in [0.2, 0.25) is 0 Å². The second-order valence-electron chi connectivity index (χ2n) is 11.5. The quantitative estimate of drug-likeness (QED) is 0.112. The molecule has 2 N–H and O–H groups in total. The van der Waals surface area contributed by atoms with Crippen LogP contribution in [-0.2, 0) is 0 Å². The van der Waals surface area contributed by atoms with Crippen LogP contribution < -0.4 is 19.8 Å². The molecule has 0 saturated heterocycles. The number of hydrogen-bond donors (Lipinski definition) is 2. The second-order valence-corrected chi connectivity index (χ2v) is 11.5.